The second kappa shape index (κ2) is 6.65. The Morgan fingerprint density at radius 1 is 1.12 bits per heavy atom. The number of amides is 2. The molecule has 2 amide bonds. The van der Waals surface area contributed by atoms with Crippen LogP contribution in [0, 0.1) is 6.92 Å². The van der Waals surface area contributed by atoms with E-state index < -0.39 is 6.04 Å². The molecule has 0 aliphatic carbocycles. The number of aryl methyl sites for hydroxylation is 1. The number of piperazine rings is 1. The molecule has 24 heavy (non-hydrogen) atoms. The Bertz CT molecular complexity index is 790. The van der Waals surface area contributed by atoms with Gasteiger partial charge >= 0.3 is 0 Å². The molecular weight excluding hydrogens is 324 g/mol. The third-order valence-corrected chi connectivity index (χ3v) is 4.63. The van der Waals surface area contributed by atoms with Crippen molar-refractivity contribution in [2.75, 3.05) is 18.0 Å². The third-order valence-electron chi connectivity index (χ3n) is 4.39. The molecule has 3 rings (SSSR count). The molecule has 1 atom stereocenters. The van der Waals surface area contributed by atoms with Gasteiger partial charge in [0.05, 0.1) is 0 Å². The molecular formula is C19H19ClN2O2. The van der Waals surface area contributed by atoms with Gasteiger partial charge in [0.1, 0.15) is 6.04 Å². The monoisotopic (exact) mass is 342 g/mol. The Balaban J connectivity index is 1.83. The van der Waals surface area contributed by atoms with E-state index in [-0.39, 0.29) is 11.8 Å². The van der Waals surface area contributed by atoms with Crippen molar-refractivity contribution in [3.8, 4) is 0 Å². The van der Waals surface area contributed by atoms with Crippen LogP contribution in [0.2, 0.25) is 5.02 Å². The van der Waals surface area contributed by atoms with Gasteiger partial charge in [-0.2, -0.15) is 0 Å². The Morgan fingerprint density at radius 2 is 1.88 bits per heavy atom. The first-order valence-electron chi connectivity index (χ1n) is 7.92. The number of carbonyl (C=O) groups is 2. The summed E-state index contributed by atoms with van der Waals surface area (Å²) in [6.45, 7) is 4.74. The molecule has 124 valence electrons. The lowest BCUT2D eigenvalue weighted by molar-refractivity contribution is -0.124. The first kappa shape index (κ1) is 16.5. The highest BCUT2D eigenvalue weighted by Gasteiger charge is 2.35. The van der Waals surface area contributed by atoms with Crippen molar-refractivity contribution in [1.82, 2.24) is 4.90 Å². The lowest BCUT2D eigenvalue weighted by atomic mass is 10.1. The van der Waals surface area contributed by atoms with E-state index in [0.29, 0.717) is 23.7 Å². The molecule has 1 heterocycles. The van der Waals surface area contributed by atoms with Gasteiger partial charge < -0.3 is 9.80 Å². The molecule has 4 nitrogen and oxygen atoms in total. The van der Waals surface area contributed by atoms with Crippen molar-refractivity contribution >= 4 is 29.1 Å². The summed E-state index contributed by atoms with van der Waals surface area (Å²) >= 11 is 5.97. The normalized spacial score (nSPS) is 18.0. The molecule has 0 radical (unpaired) electrons. The fourth-order valence-corrected chi connectivity index (χ4v) is 3.23. The van der Waals surface area contributed by atoms with E-state index in [1.165, 1.54) is 0 Å². The Hall–Kier alpha value is -2.33. The van der Waals surface area contributed by atoms with Gasteiger partial charge in [-0.05, 0) is 43.7 Å². The second-order valence-corrected chi connectivity index (χ2v) is 6.40. The van der Waals surface area contributed by atoms with E-state index in [9.17, 15) is 9.59 Å². The zero-order chi connectivity index (χ0) is 17.3. The average Bonchev–Trinajstić information content (AvgIpc) is 2.57. The number of rotatable bonds is 2. The quantitative estimate of drug-likeness (QED) is 0.837. The lowest BCUT2D eigenvalue weighted by Gasteiger charge is -2.39. The minimum absolute atomic E-state index is 0.0640. The van der Waals surface area contributed by atoms with E-state index in [1.54, 1.807) is 41.0 Å². The van der Waals surface area contributed by atoms with Crippen molar-refractivity contribution in [2.45, 2.75) is 19.9 Å². The van der Waals surface area contributed by atoms with Crippen molar-refractivity contribution < 1.29 is 9.59 Å². The number of benzene rings is 2. The summed E-state index contributed by atoms with van der Waals surface area (Å²) < 4.78 is 0. The fraction of sp³-hybridized carbons (Fsp3) is 0.263. The molecule has 0 N–H and O–H groups in total. The smallest absolute Gasteiger partial charge is 0.254 e. The highest BCUT2D eigenvalue weighted by Crippen LogP contribution is 2.25. The van der Waals surface area contributed by atoms with Crippen LogP contribution in [0.25, 0.3) is 0 Å². The molecule has 0 saturated carbocycles. The van der Waals surface area contributed by atoms with Gasteiger partial charge in [-0.15, -0.1) is 0 Å². The molecule has 2 aromatic carbocycles. The Labute approximate surface area is 146 Å². The molecule has 2 aromatic rings. The van der Waals surface area contributed by atoms with Crippen molar-refractivity contribution in [2.24, 2.45) is 0 Å². The lowest BCUT2D eigenvalue weighted by Crippen LogP contribution is -2.57. The van der Waals surface area contributed by atoms with E-state index >= 15 is 0 Å². The van der Waals surface area contributed by atoms with Crippen LogP contribution in [-0.2, 0) is 4.79 Å². The van der Waals surface area contributed by atoms with Gasteiger partial charge in [0.25, 0.3) is 5.91 Å². The van der Waals surface area contributed by atoms with Crippen molar-refractivity contribution in [1.29, 1.82) is 0 Å². The maximum absolute atomic E-state index is 12.8. The molecule has 1 fully saturated rings. The largest absolute Gasteiger partial charge is 0.325 e. The summed E-state index contributed by atoms with van der Waals surface area (Å²) in [5, 5.41) is 0.512. The number of hydrogen-bond acceptors (Lipinski definition) is 2. The van der Waals surface area contributed by atoms with E-state index in [2.05, 4.69) is 0 Å². The van der Waals surface area contributed by atoms with Gasteiger partial charge in [-0.1, -0.05) is 35.9 Å². The molecule has 0 spiro atoms. The maximum atomic E-state index is 12.8. The van der Waals surface area contributed by atoms with E-state index in [1.807, 2.05) is 31.2 Å². The van der Waals surface area contributed by atoms with Crippen LogP contribution >= 0.6 is 11.6 Å². The maximum Gasteiger partial charge on any atom is 0.254 e. The molecule has 1 aliphatic heterocycles. The third kappa shape index (κ3) is 3.02. The Kier molecular flexibility index (Phi) is 4.58. The number of nitrogens with zero attached hydrogens (tertiary/aromatic N) is 2. The average molecular weight is 343 g/mol. The van der Waals surface area contributed by atoms with Crippen LogP contribution in [0.3, 0.4) is 0 Å². The number of anilines is 1. The molecule has 1 saturated heterocycles. The molecule has 5 heteroatoms. The van der Waals surface area contributed by atoms with Crippen LogP contribution < -0.4 is 4.90 Å². The predicted octanol–water partition coefficient (Wildman–Crippen LogP) is 3.53. The second-order valence-electron chi connectivity index (χ2n) is 5.96. The molecule has 0 bridgehead atoms. The van der Waals surface area contributed by atoms with E-state index in [4.69, 9.17) is 11.6 Å². The number of carbonyl (C=O) groups excluding carboxylic acids is 2. The summed E-state index contributed by atoms with van der Waals surface area (Å²) in [6, 6.07) is 14.1. The van der Waals surface area contributed by atoms with Gasteiger partial charge in [-0.3, -0.25) is 9.59 Å². The van der Waals surface area contributed by atoms with Gasteiger partial charge in [-0.25, -0.2) is 0 Å². The zero-order valence-electron chi connectivity index (χ0n) is 13.7. The SMILES string of the molecule is Cc1ccccc1N1CCN(C(=O)c2cccc(Cl)c2)[C@@H](C)C1=O. The molecule has 0 aromatic heterocycles. The van der Waals surface area contributed by atoms with Crippen LogP contribution in [0.4, 0.5) is 5.69 Å². The topological polar surface area (TPSA) is 40.6 Å². The fourth-order valence-electron chi connectivity index (χ4n) is 3.04. The van der Waals surface area contributed by atoms with Gasteiger partial charge in [0, 0.05) is 29.4 Å². The summed E-state index contributed by atoms with van der Waals surface area (Å²) in [7, 11) is 0. The van der Waals surface area contributed by atoms with E-state index in [0.717, 1.165) is 11.3 Å². The van der Waals surface area contributed by atoms with Crippen LogP contribution in [-0.4, -0.2) is 35.8 Å². The zero-order valence-corrected chi connectivity index (χ0v) is 14.5. The minimum Gasteiger partial charge on any atom is -0.325 e. The Morgan fingerprint density at radius 3 is 2.58 bits per heavy atom. The van der Waals surface area contributed by atoms with Crippen molar-refractivity contribution in [3.05, 3.63) is 64.7 Å². The summed E-state index contributed by atoms with van der Waals surface area (Å²) in [5.74, 6) is -0.228. The van der Waals surface area contributed by atoms with Gasteiger partial charge in [0.2, 0.25) is 5.91 Å². The van der Waals surface area contributed by atoms with Crippen LogP contribution in [0.15, 0.2) is 48.5 Å². The number of hydrogen-bond donors (Lipinski definition) is 0. The predicted molar refractivity (Wildman–Crippen MR) is 95.5 cm³/mol. The van der Waals surface area contributed by atoms with Crippen LogP contribution in [0.5, 0.6) is 0 Å². The summed E-state index contributed by atoms with van der Waals surface area (Å²) in [6.07, 6.45) is 0. The minimum atomic E-state index is -0.509. The standard InChI is InChI=1S/C19H19ClN2O2/c1-13-6-3-4-9-17(13)22-11-10-21(14(2)18(22)23)19(24)15-7-5-8-16(20)12-15/h3-9,12,14H,10-11H2,1-2H3/t14-/m0/s1. The highest BCUT2D eigenvalue weighted by molar-refractivity contribution is 6.31. The number of para-hydroxylation sites is 1. The number of halogens is 1. The van der Waals surface area contributed by atoms with Crippen molar-refractivity contribution in [3.63, 3.8) is 0 Å². The molecule has 1 aliphatic rings. The summed E-state index contributed by atoms with van der Waals surface area (Å²) in [4.78, 5) is 28.9. The first-order valence-corrected chi connectivity index (χ1v) is 8.30. The first-order chi connectivity index (χ1) is 11.5. The summed E-state index contributed by atoms with van der Waals surface area (Å²) in [5.41, 5.74) is 2.46. The highest BCUT2D eigenvalue weighted by atomic mass is 35.5. The van der Waals surface area contributed by atoms with Crippen LogP contribution in [0.1, 0.15) is 22.8 Å². The molecule has 0 unspecified atom stereocenters. The van der Waals surface area contributed by atoms with Gasteiger partial charge in [0.15, 0.2) is 0 Å².